The number of hydrogen-bond donors (Lipinski definition) is 2. The maximum Gasteiger partial charge on any atom is 0.279 e. The van der Waals surface area contributed by atoms with E-state index < -0.39 is 10.2 Å². The zero-order valence-electron chi connectivity index (χ0n) is 8.91. The van der Waals surface area contributed by atoms with Gasteiger partial charge in [0.2, 0.25) is 0 Å². The standard InChI is InChI=1S/C9H19N3O2S/c13-15(14,12-5-1-2-6-12)11-8-9-3-4-10-7-9/h9-11H,1-8H2. The Morgan fingerprint density at radius 1 is 1.33 bits per heavy atom. The third-order valence-electron chi connectivity index (χ3n) is 3.12. The van der Waals surface area contributed by atoms with Crippen molar-refractivity contribution in [3.63, 3.8) is 0 Å². The van der Waals surface area contributed by atoms with Gasteiger partial charge in [-0.25, -0.2) is 4.72 Å². The fourth-order valence-corrected chi connectivity index (χ4v) is 3.50. The summed E-state index contributed by atoms with van der Waals surface area (Å²) in [5.74, 6) is 0.461. The summed E-state index contributed by atoms with van der Waals surface area (Å²) >= 11 is 0. The Balaban J connectivity index is 1.81. The molecular weight excluding hydrogens is 214 g/mol. The summed E-state index contributed by atoms with van der Waals surface area (Å²) in [5.41, 5.74) is 0. The molecule has 1 unspecified atom stereocenters. The molecule has 2 rings (SSSR count). The van der Waals surface area contributed by atoms with E-state index in [4.69, 9.17) is 0 Å². The Morgan fingerprint density at radius 3 is 2.67 bits per heavy atom. The average molecular weight is 233 g/mol. The quantitative estimate of drug-likeness (QED) is 0.690. The second kappa shape index (κ2) is 4.78. The van der Waals surface area contributed by atoms with E-state index in [9.17, 15) is 8.42 Å². The van der Waals surface area contributed by atoms with E-state index in [1.807, 2.05) is 0 Å². The Kier molecular flexibility index (Phi) is 3.60. The van der Waals surface area contributed by atoms with E-state index in [1.54, 1.807) is 4.31 Å². The normalized spacial score (nSPS) is 28.7. The van der Waals surface area contributed by atoms with Crippen molar-refractivity contribution < 1.29 is 8.42 Å². The summed E-state index contributed by atoms with van der Waals surface area (Å²) in [6, 6.07) is 0. The Bertz CT molecular complexity index is 292. The van der Waals surface area contributed by atoms with Gasteiger partial charge in [0.25, 0.3) is 10.2 Å². The van der Waals surface area contributed by atoms with Gasteiger partial charge in [-0.1, -0.05) is 0 Å². The van der Waals surface area contributed by atoms with Gasteiger partial charge in [0.1, 0.15) is 0 Å². The van der Waals surface area contributed by atoms with Crippen LogP contribution in [-0.4, -0.2) is 45.4 Å². The van der Waals surface area contributed by atoms with Gasteiger partial charge in [0, 0.05) is 19.6 Å². The van der Waals surface area contributed by atoms with E-state index in [1.165, 1.54) is 0 Å². The summed E-state index contributed by atoms with van der Waals surface area (Å²) in [4.78, 5) is 0. The lowest BCUT2D eigenvalue weighted by Gasteiger charge is -2.17. The number of hydrogen-bond acceptors (Lipinski definition) is 3. The molecule has 0 aliphatic carbocycles. The third-order valence-corrected chi connectivity index (χ3v) is 4.70. The average Bonchev–Trinajstić information content (AvgIpc) is 2.88. The molecule has 0 aromatic rings. The van der Waals surface area contributed by atoms with Gasteiger partial charge in [-0.3, -0.25) is 0 Å². The molecule has 0 amide bonds. The van der Waals surface area contributed by atoms with Crippen molar-refractivity contribution in [1.82, 2.24) is 14.3 Å². The molecule has 0 aromatic carbocycles. The minimum absolute atomic E-state index is 0.461. The predicted molar refractivity (Wildman–Crippen MR) is 58.7 cm³/mol. The second-order valence-electron chi connectivity index (χ2n) is 4.32. The largest absolute Gasteiger partial charge is 0.316 e. The summed E-state index contributed by atoms with van der Waals surface area (Å²) in [7, 11) is -3.19. The van der Waals surface area contributed by atoms with Crippen LogP contribution >= 0.6 is 0 Å². The van der Waals surface area contributed by atoms with E-state index in [0.717, 1.165) is 32.4 Å². The van der Waals surface area contributed by atoms with Crippen molar-refractivity contribution in [2.24, 2.45) is 5.92 Å². The summed E-state index contributed by atoms with van der Waals surface area (Å²) in [5, 5.41) is 3.23. The molecule has 2 aliphatic rings. The molecule has 2 heterocycles. The monoisotopic (exact) mass is 233 g/mol. The zero-order chi connectivity index (χ0) is 10.7. The maximum atomic E-state index is 11.8. The van der Waals surface area contributed by atoms with E-state index in [2.05, 4.69) is 10.0 Å². The lowest BCUT2D eigenvalue weighted by molar-refractivity contribution is 0.454. The highest BCUT2D eigenvalue weighted by Gasteiger charge is 2.26. The van der Waals surface area contributed by atoms with Gasteiger partial charge >= 0.3 is 0 Å². The van der Waals surface area contributed by atoms with Crippen LogP contribution in [-0.2, 0) is 10.2 Å². The first-order valence-corrected chi connectivity index (χ1v) is 7.08. The molecule has 0 bridgehead atoms. The molecular formula is C9H19N3O2S. The van der Waals surface area contributed by atoms with Gasteiger partial charge in [0.05, 0.1) is 0 Å². The van der Waals surface area contributed by atoms with Crippen LogP contribution in [0.1, 0.15) is 19.3 Å². The van der Waals surface area contributed by atoms with Crippen LogP contribution in [0.4, 0.5) is 0 Å². The molecule has 2 aliphatic heterocycles. The Labute approximate surface area is 91.4 Å². The first-order chi connectivity index (χ1) is 7.18. The Hall–Kier alpha value is -0.170. The summed E-state index contributed by atoms with van der Waals surface area (Å²) in [6.45, 7) is 3.88. The molecule has 0 radical (unpaired) electrons. The molecule has 1 atom stereocenters. The van der Waals surface area contributed by atoms with Crippen LogP contribution < -0.4 is 10.0 Å². The van der Waals surface area contributed by atoms with E-state index >= 15 is 0 Å². The van der Waals surface area contributed by atoms with Crippen LogP contribution in [0.3, 0.4) is 0 Å². The van der Waals surface area contributed by atoms with E-state index in [0.29, 0.717) is 25.6 Å². The van der Waals surface area contributed by atoms with Crippen molar-refractivity contribution in [2.75, 3.05) is 32.7 Å². The topological polar surface area (TPSA) is 61.4 Å². The van der Waals surface area contributed by atoms with Crippen molar-refractivity contribution >= 4 is 10.2 Å². The lowest BCUT2D eigenvalue weighted by atomic mass is 10.1. The fourth-order valence-electron chi connectivity index (χ4n) is 2.13. The lowest BCUT2D eigenvalue weighted by Crippen LogP contribution is -2.41. The van der Waals surface area contributed by atoms with Crippen LogP contribution in [0.2, 0.25) is 0 Å². The summed E-state index contributed by atoms with van der Waals surface area (Å²) < 4.78 is 27.8. The highest BCUT2D eigenvalue weighted by molar-refractivity contribution is 7.87. The molecule has 2 saturated heterocycles. The third kappa shape index (κ3) is 2.90. The molecule has 15 heavy (non-hydrogen) atoms. The van der Waals surface area contributed by atoms with Crippen LogP contribution in [0, 0.1) is 5.92 Å². The van der Waals surface area contributed by atoms with Gasteiger partial charge < -0.3 is 5.32 Å². The first-order valence-electron chi connectivity index (χ1n) is 5.64. The van der Waals surface area contributed by atoms with Gasteiger partial charge in [0.15, 0.2) is 0 Å². The smallest absolute Gasteiger partial charge is 0.279 e. The van der Waals surface area contributed by atoms with Crippen molar-refractivity contribution in [1.29, 1.82) is 0 Å². The zero-order valence-corrected chi connectivity index (χ0v) is 9.72. The molecule has 0 saturated carbocycles. The van der Waals surface area contributed by atoms with Gasteiger partial charge in [-0.15, -0.1) is 0 Å². The van der Waals surface area contributed by atoms with Crippen LogP contribution in [0.25, 0.3) is 0 Å². The number of nitrogens with one attached hydrogen (secondary N) is 2. The molecule has 5 nitrogen and oxygen atoms in total. The van der Waals surface area contributed by atoms with Crippen molar-refractivity contribution in [3.8, 4) is 0 Å². The van der Waals surface area contributed by atoms with E-state index in [-0.39, 0.29) is 0 Å². The SMILES string of the molecule is O=S(=O)(NCC1CCNC1)N1CCCC1. The number of rotatable bonds is 4. The van der Waals surface area contributed by atoms with Crippen molar-refractivity contribution in [2.45, 2.75) is 19.3 Å². The minimum atomic E-state index is -3.19. The molecule has 2 N–H and O–H groups in total. The molecule has 6 heteroatoms. The van der Waals surface area contributed by atoms with Crippen molar-refractivity contribution in [3.05, 3.63) is 0 Å². The second-order valence-corrected chi connectivity index (χ2v) is 6.07. The highest BCUT2D eigenvalue weighted by Crippen LogP contribution is 2.12. The van der Waals surface area contributed by atoms with Gasteiger partial charge in [-0.05, 0) is 38.3 Å². The van der Waals surface area contributed by atoms with Crippen LogP contribution in [0.15, 0.2) is 0 Å². The molecule has 0 aromatic heterocycles. The molecule has 2 fully saturated rings. The highest BCUT2D eigenvalue weighted by atomic mass is 32.2. The molecule has 88 valence electrons. The fraction of sp³-hybridized carbons (Fsp3) is 1.00. The summed E-state index contributed by atoms with van der Waals surface area (Å²) in [6.07, 6.45) is 3.06. The minimum Gasteiger partial charge on any atom is -0.316 e. The Morgan fingerprint density at radius 2 is 2.07 bits per heavy atom. The predicted octanol–water partition coefficient (Wildman–Crippen LogP) is -0.474. The maximum absolute atomic E-state index is 11.8. The first kappa shape index (κ1) is 11.3. The number of nitrogens with zero attached hydrogens (tertiary/aromatic N) is 1. The molecule has 0 spiro atoms. The van der Waals surface area contributed by atoms with Crippen LogP contribution in [0.5, 0.6) is 0 Å². The van der Waals surface area contributed by atoms with Gasteiger partial charge in [-0.2, -0.15) is 12.7 Å².